The number of rotatable bonds is 4. The zero-order valence-corrected chi connectivity index (χ0v) is 11.8. The molecule has 0 radical (unpaired) electrons. The van der Waals surface area contributed by atoms with Crippen molar-refractivity contribution in [1.82, 2.24) is 14.7 Å². The monoisotopic (exact) mass is 279 g/mol. The van der Waals surface area contributed by atoms with Gasteiger partial charge >= 0.3 is 0 Å². The van der Waals surface area contributed by atoms with E-state index in [4.69, 9.17) is 16.3 Å². The van der Waals surface area contributed by atoms with Crippen LogP contribution >= 0.6 is 11.6 Å². The minimum absolute atomic E-state index is 0.0114. The van der Waals surface area contributed by atoms with Gasteiger partial charge in [-0.3, -0.25) is 0 Å². The van der Waals surface area contributed by atoms with Gasteiger partial charge in [0.1, 0.15) is 5.65 Å². The molecule has 0 aliphatic carbocycles. The molecule has 0 saturated carbocycles. The van der Waals surface area contributed by atoms with Gasteiger partial charge in [0, 0.05) is 32.1 Å². The van der Waals surface area contributed by atoms with Crippen LogP contribution in [0.5, 0.6) is 0 Å². The molecule has 0 amide bonds. The van der Waals surface area contributed by atoms with E-state index in [-0.39, 0.29) is 5.60 Å². The van der Waals surface area contributed by atoms with Crippen LogP contribution in [0.25, 0.3) is 5.65 Å². The summed E-state index contributed by atoms with van der Waals surface area (Å²) in [6.07, 6.45) is 6.16. The first kappa shape index (κ1) is 12.9. The van der Waals surface area contributed by atoms with Crippen molar-refractivity contribution < 1.29 is 4.74 Å². The second kappa shape index (κ2) is 5.12. The minimum atomic E-state index is -0.0114. The second-order valence-corrected chi connectivity index (χ2v) is 5.79. The SMILES string of the molecule is CC1(CNCc2cn3cc(Cl)ccc3n2)CCCO1. The quantitative estimate of drug-likeness (QED) is 0.935. The molecule has 1 fully saturated rings. The first-order chi connectivity index (χ1) is 9.15. The number of pyridine rings is 1. The number of aromatic nitrogens is 2. The molecule has 3 rings (SSSR count). The lowest BCUT2D eigenvalue weighted by Gasteiger charge is -2.23. The lowest BCUT2D eigenvalue weighted by molar-refractivity contribution is 0.0206. The maximum absolute atomic E-state index is 5.96. The van der Waals surface area contributed by atoms with Crippen molar-refractivity contribution in [2.45, 2.75) is 31.9 Å². The summed E-state index contributed by atoms with van der Waals surface area (Å²) in [4.78, 5) is 4.54. The molecule has 1 unspecified atom stereocenters. The topological polar surface area (TPSA) is 38.6 Å². The molecule has 3 heterocycles. The van der Waals surface area contributed by atoms with Crippen LogP contribution in [0.2, 0.25) is 5.02 Å². The highest BCUT2D eigenvalue weighted by Crippen LogP contribution is 2.24. The molecule has 102 valence electrons. The van der Waals surface area contributed by atoms with E-state index in [1.54, 1.807) is 0 Å². The number of hydrogen-bond donors (Lipinski definition) is 1. The summed E-state index contributed by atoms with van der Waals surface area (Å²) in [5, 5.41) is 4.14. The predicted molar refractivity (Wildman–Crippen MR) is 75.5 cm³/mol. The minimum Gasteiger partial charge on any atom is -0.374 e. The predicted octanol–water partition coefficient (Wildman–Crippen LogP) is 2.65. The number of hydrogen-bond acceptors (Lipinski definition) is 3. The summed E-state index contributed by atoms with van der Waals surface area (Å²) in [6.45, 7) is 4.65. The van der Waals surface area contributed by atoms with Crippen LogP contribution in [0.3, 0.4) is 0 Å². The summed E-state index contributed by atoms with van der Waals surface area (Å²) < 4.78 is 7.70. The fraction of sp³-hybridized carbons (Fsp3) is 0.500. The first-order valence-corrected chi connectivity index (χ1v) is 7.00. The van der Waals surface area contributed by atoms with E-state index >= 15 is 0 Å². The molecular formula is C14H18ClN3O. The fourth-order valence-electron chi connectivity index (χ4n) is 2.53. The van der Waals surface area contributed by atoms with E-state index in [0.29, 0.717) is 0 Å². The molecule has 1 aliphatic heterocycles. The maximum atomic E-state index is 5.96. The van der Waals surface area contributed by atoms with Gasteiger partial charge in [0.05, 0.1) is 16.3 Å². The number of nitrogens with one attached hydrogen (secondary N) is 1. The van der Waals surface area contributed by atoms with Crippen LogP contribution in [0.4, 0.5) is 0 Å². The van der Waals surface area contributed by atoms with Crippen molar-refractivity contribution in [3.8, 4) is 0 Å². The van der Waals surface area contributed by atoms with Gasteiger partial charge in [-0.25, -0.2) is 4.98 Å². The Morgan fingerprint density at radius 3 is 3.16 bits per heavy atom. The fourth-order valence-corrected chi connectivity index (χ4v) is 2.70. The zero-order chi connectivity index (χ0) is 13.3. The van der Waals surface area contributed by atoms with E-state index in [0.717, 1.165) is 48.9 Å². The van der Waals surface area contributed by atoms with E-state index in [9.17, 15) is 0 Å². The van der Waals surface area contributed by atoms with E-state index in [1.807, 2.05) is 28.9 Å². The molecule has 2 aromatic heterocycles. The number of fused-ring (bicyclic) bond motifs is 1. The zero-order valence-electron chi connectivity index (χ0n) is 11.0. The van der Waals surface area contributed by atoms with Gasteiger partial charge in [-0.1, -0.05) is 11.6 Å². The summed E-state index contributed by atoms with van der Waals surface area (Å²) in [5.74, 6) is 0. The van der Waals surface area contributed by atoms with Crippen LogP contribution in [-0.2, 0) is 11.3 Å². The van der Waals surface area contributed by atoms with Crippen molar-refractivity contribution in [2.75, 3.05) is 13.2 Å². The highest BCUT2D eigenvalue weighted by molar-refractivity contribution is 6.30. The highest BCUT2D eigenvalue weighted by atomic mass is 35.5. The Labute approximate surface area is 117 Å². The number of imidazole rings is 1. The van der Waals surface area contributed by atoms with Crippen molar-refractivity contribution in [2.24, 2.45) is 0 Å². The summed E-state index contributed by atoms with van der Waals surface area (Å²) in [7, 11) is 0. The van der Waals surface area contributed by atoms with Crippen LogP contribution in [-0.4, -0.2) is 28.1 Å². The van der Waals surface area contributed by atoms with Crippen molar-refractivity contribution in [3.05, 3.63) is 35.2 Å². The van der Waals surface area contributed by atoms with Gasteiger partial charge in [-0.15, -0.1) is 0 Å². The maximum Gasteiger partial charge on any atom is 0.137 e. The molecule has 0 aromatic carbocycles. The van der Waals surface area contributed by atoms with E-state index in [1.165, 1.54) is 0 Å². The Morgan fingerprint density at radius 1 is 1.47 bits per heavy atom. The van der Waals surface area contributed by atoms with Crippen LogP contribution in [0.15, 0.2) is 24.5 Å². The largest absolute Gasteiger partial charge is 0.374 e. The van der Waals surface area contributed by atoms with E-state index < -0.39 is 0 Å². The van der Waals surface area contributed by atoms with Gasteiger partial charge < -0.3 is 14.5 Å². The Morgan fingerprint density at radius 2 is 2.37 bits per heavy atom. The normalized spacial score (nSPS) is 23.3. The smallest absolute Gasteiger partial charge is 0.137 e. The summed E-state index contributed by atoms with van der Waals surface area (Å²) in [6, 6.07) is 3.78. The molecule has 2 aromatic rings. The lowest BCUT2D eigenvalue weighted by Crippen LogP contribution is -2.36. The molecule has 19 heavy (non-hydrogen) atoms. The van der Waals surface area contributed by atoms with Gasteiger partial charge in [0.15, 0.2) is 0 Å². The first-order valence-electron chi connectivity index (χ1n) is 6.62. The average Bonchev–Trinajstić information content (AvgIpc) is 2.95. The molecular weight excluding hydrogens is 262 g/mol. The molecule has 0 spiro atoms. The van der Waals surface area contributed by atoms with E-state index in [2.05, 4.69) is 17.2 Å². The van der Waals surface area contributed by atoms with Crippen LogP contribution < -0.4 is 5.32 Å². The van der Waals surface area contributed by atoms with Gasteiger partial charge in [-0.2, -0.15) is 0 Å². The van der Waals surface area contributed by atoms with Gasteiger partial charge in [0.25, 0.3) is 0 Å². The molecule has 1 saturated heterocycles. The second-order valence-electron chi connectivity index (χ2n) is 5.35. The lowest BCUT2D eigenvalue weighted by atomic mass is 10.0. The standard InChI is InChI=1S/C14H18ClN3O/c1-14(5-2-6-19-14)10-16-7-12-9-18-8-11(15)3-4-13(18)17-12/h3-4,8-9,16H,2,5-7,10H2,1H3. The van der Waals surface area contributed by atoms with Crippen molar-refractivity contribution in [3.63, 3.8) is 0 Å². The van der Waals surface area contributed by atoms with Gasteiger partial charge in [0.2, 0.25) is 0 Å². The third kappa shape index (κ3) is 2.91. The third-order valence-corrected chi connectivity index (χ3v) is 3.79. The number of halogens is 1. The summed E-state index contributed by atoms with van der Waals surface area (Å²) >= 11 is 5.96. The van der Waals surface area contributed by atoms with Crippen LogP contribution in [0.1, 0.15) is 25.5 Å². The number of nitrogens with zero attached hydrogens (tertiary/aromatic N) is 2. The molecule has 4 nitrogen and oxygen atoms in total. The molecule has 1 N–H and O–H groups in total. The Hall–Kier alpha value is -1.10. The van der Waals surface area contributed by atoms with Crippen molar-refractivity contribution >= 4 is 17.2 Å². The number of ether oxygens (including phenoxy) is 1. The molecule has 5 heteroatoms. The van der Waals surface area contributed by atoms with Crippen LogP contribution in [0, 0.1) is 0 Å². The highest BCUT2D eigenvalue weighted by Gasteiger charge is 2.28. The Bertz CT molecular complexity index is 575. The molecule has 1 aliphatic rings. The average molecular weight is 280 g/mol. The van der Waals surface area contributed by atoms with Gasteiger partial charge in [-0.05, 0) is 31.9 Å². The summed E-state index contributed by atoms with van der Waals surface area (Å²) in [5.41, 5.74) is 1.93. The molecule has 0 bridgehead atoms. The third-order valence-electron chi connectivity index (χ3n) is 3.57. The van der Waals surface area contributed by atoms with Crippen molar-refractivity contribution in [1.29, 1.82) is 0 Å². The Balaban J connectivity index is 1.62. The Kier molecular flexibility index (Phi) is 3.48. The molecule has 1 atom stereocenters.